The molecule has 1 aromatic rings. The second-order valence-electron chi connectivity index (χ2n) is 4.54. The van der Waals surface area contributed by atoms with Crippen molar-refractivity contribution < 1.29 is 9.59 Å². The molecule has 0 atom stereocenters. The quantitative estimate of drug-likeness (QED) is 0.666. The molecule has 0 spiro atoms. The minimum atomic E-state index is -0.330. The summed E-state index contributed by atoms with van der Waals surface area (Å²) < 4.78 is 0. The Morgan fingerprint density at radius 2 is 1.84 bits per heavy atom. The van der Waals surface area contributed by atoms with Crippen LogP contribution in [0.15, 0.2) is 30.0 Å². The van der Waals surface area contributed by atoms with E-state index in [2.05, 4.69) is 12.2 Å². The largest absolute Gasteiger partial charge is 0.329 e. The van der Waals surface area contributed by atoms with E-state index in [1.807, 2.05) is 31.2 Å². The highest BCUT2D eigenvalue weighted by Gasteiger charge is 2.32. The Labute approximate surface area is 113 Å². The number of rotatable bonds is 4. The lowest BCUT2D eigenvalue weighted by Crippen LogP contribution is -2.31. The molecule has 0 aromatic heterocycles. The van der Waals surface area contributed by atoms with Gasteiger partial charge in [-0.3, -0.25) is 9.69 Å². The van der Waals surface area contributed by atoms with Crippen LogP contribution in [0.25, 0.3) is 6.08 Å². The molecule has 1 aliphatic rings. The van der Waals surface area contributed by atoms with Gasteiger partial charge in [0.25, 0.3) is 5.91 Å². The molecule has 2 rings (SSSR count). The molecule has 1 aliphatic heterocycles. The normalized spacial score (nSPS) is 17.2. The van der Waals surface area contributed by atoms with Crippen LogP contribution in [0, 0.1) is 0 Å². The Kier molecular flexibility index (Phi) is 4.00. The van der Waals surface area contributed by atoms with E-state index in [0.717, 1.165) is 18.4 Å². The van der Waals surface area contributed by atoms with Crippen LogP contribution >= 0.6 is 0 Å². The third-order valence-corrected chi connectivity index (χ3v) is 3.11. The van der Waals surface area contributed by atoms with Gasteiger partial charge >= 0.3 is 6.03 Å². The second kappa shape index (κ2) is 5.69. The van der Waals surface area contributed by atoms with Gasteiger partial charge in [-0.2, -0.15) is 0 Å². The van der Waals surface area contributed by atoms with E-state index in [4.69, 9.17) is 0 Å². The molecule has 1 aromatic carbocycles. The molecule has 0 radical (unpaired) electrons. The third kappa shape index (κ3) is 2.84. The van der Waals surface area contributed by atoms with Crippen molar-refractivity contribution in [1.29, 1.82) is 0 Å². The van der Waals surface area contributed by atoms with Crippen LogP contribution in [-0.2, 0) is 11.2 Å². The van der Waals surface area contributed by atoms with Crippen LogP contribution in [0.4, 0.5) is 4.79 Å². The van der Waals surface area contributed by atoms with Crippen molar-refractivity contribution >= 4 is 18.0 Å². The molecule has 19 heavy (non-hydrogen) atoms. The van der Waals surface area contributed by atoms with Gasteiger partial charge in [-0.15, -0.1) is 0 Å². The highest BCUT2D eigenvalue weighted by molar-refractivity contribution is 6.13. The van der Waals surface area contributed by atoms with Crippen LogP contribution in [0.2, 0.25) is 0 Å². The number of carbonyl (C=O) groups is 2. The molecule has 100 valence electrons. The van der Waals surface area contributed by atoms with Gasteiger partial charge in [0.05, 0.1) is 0 Å². The molecule has 0 unspecified atom stereocenters. The first kappa shape index (κ1) is 13.3. The number of urea groups is 1. The van der Waals surface area contributed by atoms with E-state index in [9.17, 15) is 9.59 Å². The zero-order valence-corrected chi connectivity index (χ0v) is 11.3. The molecule has 1 fully saturated rings. The Balaban J connectivity index is 2.19. The zero-order chi connectivity index (χ0) is 13.8. The van der Waals surface area contributed by atoms with Gasteiger partial charge in [0, 0.05) is 6.54 Å². The van der Waals surface area contributed by atoms with E-state index >= 15 is 0 Å². The van der Waals surface area contributed by atoms with Crippen molar-refractivity contribution in [3.8, 4) is 0 Å². The average molecular weight is 258 g/mol. The number of nitrogens with zero attached hydrogens (tertiary/aromatic N) is 1. The smallest absolute Gasteiger partial charge is 0.303 e. The Hall–Kier alpha value is -2.10. The van der Waals surface area contributed by atoms with Crippen molar-refractivity contribution in [2.75, 3.05) is 6.54 Å². The molecule has 0 bridgehead atoms. The average Bonchev–Trinajstić information content (AvgIpc) is 2.68. The molecule has 0 aliphatic carbocycles. The number of nitrogens with one attached hydrogen (secondary N) is 1. The predicted molar refractivity (Wildman–Crippen MR) is 74.3 cm³/mol. The molecule has 1 saturated heterocycles. The van der Waals surface area contributed by atoms with E-state index < -0.39 is 0 Å². The lowest BCUT2D eigenvalue weighted by atomic mass is 10.1. The highest BCUT2D eigenvalue weighted by Crippen LogP contribution is 2.15. The summed E-state index contributed by atoms with van der Waals surface area (Å²) in [5, 5.41) is 2.61. The van der Waals surface area contributed by atoms with Crippen LogP contribution in [0.5, 0.6) is 0 Å². The number of benzene rings is 1. The summed E-state index contributed by atoms with van der Waals surface area (Å²) in [6.45, 7) is 4.49. The van der Waals surface area contributed by atoms with Gasteiger partial charge in [0.2, 0.25) is 0 Å². The maximum atomic E-state index is 12.0. The maximum absolute atomic E-state index is 12.0. The van der Waals surface area contributed by atoms with E-state index in [1.54, 1.807) is 6.08 Å². The van der Waals surface area contributed by atoms with Crippen molar-refractivity contribution in [2.24, 2.45) is 0 Å². The first-order valence-electron chi connectivity index (χ1n) is 6.59. The number of hydrogen-bond donors (Lipinski definition) is 1. The predicted octanol–water partition coefficient (Wildman–Crippen LogP) is 2.55. The Bertz CT molecular complexity index is 517. The summed E-state index contributed by atoms with van der Waals surface area (Å²) in [4.78, 5) is 24.9. The summed E-state index contributed by atoms with van der Waals surface area (Å²) >= 11 is 0. The SMILES string of the molecule is CCCN1C(=O)N/C(=C/c2ccc(CC)cc2)C1=O. The number of aryl methyl sites for hydroxylation is 1. The lowest BCUT2D eigenvalue weighted by molar-refractivity contribution is -0.122. The maximum Gasteiger partial charge on any atom is 0.329 e. The highest BCUT2D eigenvalue weighted by atomic mass is 16.2. The summed E-state index contributed by atoms with van der Waals surface area (Å²) in [5.74, 6) is -0.244. The van der Waals surface area contributed by atoms with E-state index in [0.29, 0.717) is 12.2 Å². The van der Waals surface area contributed by atoms with E-state index in [-0.39, 0.29) is 11.9 Å². The van der Waals surface area contributed by atoms with Crippen LogP contribution < -0.4 is 5.32 Å². The first-order chi connectivity index (χ1) is 9.15. The summed E-state index contributed by atoms with van der Waals surface area (Å²) in [6, 6.07) is 7.62. The Morgan fingerprint density at radius 3 is 2.42 bits per heavy atom. The Morgan fingerprint density at radius 1 is 1.16 bits per heavy atom. The fourth-order valence-electron chi connectivity index (χ4n) is 2.01. The molecule has 4 heteroatoms. The van der Waals surface area contributed by atoms with Gasteiger partial charge in [-0.1, -0.05) is 38.1 Å². The van der Waals surface area contributed by atoms with Gasteiger partial charge in [0.15, 0.2) is 0 Å². The minimum Gasteiger partial charge on any atom is -0.303 e. The van der Waals surface area contributed by atoms with Crippen molar-refractivity contribution in [2.45, 2.75) is 26.7 Å². The van der Waals surface area contributed by atoms with Gasteiger partial charge in [0.1, 0.15) is 5.70 Å². The molecule has 1 heterocycles. The fourth-order valence-corrected chi connectivity index (χ4v) is 2.01. The van der Waals surface area contributed by atoms with Gasteiger partial charge in [-0.05, 0) is 30.0 Å². The summed E-state index contributed by atoms with van der Waals surface area (Å²) in [5.41, 5.74) is 2.51. The molecule has 3 amide bonds. The fraction of sp³-hybridized carbons (Fsp3) is 0.333. The number of carbonyl (C=O) groups excluding carboxylic acids is 2. The number of amides is 3. The van der Waals surface area contributed by atoms with Crippen LogP contribution in [0.3, 0.4) is 0 Å². The lowest BCUT2D eigenvalue weighted by Gasteiger charge is -2.08. The topological polar surface area (TPSA) is 49.4 Å². The second-order valence-corrected chi connectivity index (χ2v) is 4.54. The van der Waals surface area contributed by atoms with E-state index in [1.165, 1.54) is 10.5 Å². The molecular weight excluding hydrogens is 240 g/mol. The zero-order valence-electron chi connectivity index (χ0n) is 11.3. The molecule has 4 nitrogen and oxygen atoms in total. The molecule has 0 saturated carbocycles. The standard InChI is InChI=1S/C15H18N2O2/c1-3-9-17-14(18)13(16-15(17)19)10-12-7-5-11(4-2)6-8-12/h5-8,10H,3-4,9H2,1-2H3,(H,16,19)/b13-10+. The minimum absolute atomic E-state index is 0.244. The van der Waals surface area contributed by atoms with Gasteiger partial charge < -0.3 is 5.32 Å². The first-order valence-corrected chi connectivity index (χ1v) is 6.59. The summed E-state index contributed by atoms with van der Waals surface area (Å²) in [7, 11) is 0. The molecular formula is C15H18N2O2. The molecule has 1 N–H and O–H groups in total. The van der Waals surface area contributed by atoms with Crippen LogP contribution in [-0.4, -0.2) is 23.4 Å². The van der Waals surface area contributed by atoms with Crippen molar-refractivity contribution in [3.63, 3.8) is 0 Å². The van der Waals surface area contributed by atoms with Crippen molar-refractivity contribution in [1.82, 2.24) is 10.2 Å². The van der Waals surface area contributed by atoms with Gasteiger partial charge in [-0.25, -0.2) is 4.79 Å². The van der Waals surface area contributed by atoms with Crippen LogP contribution in [0.1, 0.15) is 31.4 Å². The number of imide groups is 1. The number of hydrogen-bond acceptors (Lipinski definition) is 2. The monoisotopic (exact) mass is 258 g/mol. The van der Waals surface area contributed by atoms with Crippen molar-refractivity contribution in [3.05, 3.63) is 41.1 Å². The third-order valence-electron chi connectivity index (χ3n) is 3.11. The summed E-state index contributed by atoms with van der Waals surface area (Å²) in [6.07, 6.45) is 3.46.